The molecule has 0 aliphatic carbocycles. The number of benzene rings is 2. The van der Waals surface area contributed by atoms with Crippen molar-refractivity contribution < 1.29 is 23.2 Å². The monoisotopic (exact) mass is 411 g/mol. The van der Waals surface area contributed by atoms with Gasteiger partial charge in [-0.05, 0) is 36.2 Å². The molecule has 30 heavy (non-hydrogen) atoms. The van der Waals surface area contributed by atoms with Crippen LogP contribution in [0.5, 0.6) is 11.5 Å². The Morgan fingerprint density at radius 1 is 1.17 bits per heavy atom. The third kappa shape index (κ3) is 4.12. The third-order valence-electron chi connectivity index (χ3n) is 5.21. The Morgan fingerprint density at radius 2 is 2.00 bits per heavy atom. The Morgan fingerprint density at radius 3 is 2.77 bits per heavy atom. The van der Waals surface area contributed by atoms with Gasteiger partial charge in [-0.15, -0.1) is 0 Å². The average molecular weight is 411 g/mol. The summed E-state index contributed by atoms with van der Waals surface area (Å²) in [6.45, 7) is 1.09. The molecule has 1 fully saturated rings. The predicted molar refractivity (Wildman–Crippen MR) is 107 cm³/mol. The minimum atomic E-state index is -0.365. The fraction of sp³-hybridized carbons (Fsp3) is 0.318. The van der Waals surface area contributed by atoms with E-state index in [4.69, 9.17) is 14.0 Å². The standard InChI is InChI=1S/C22H22FN3O4/c1-28-18-7-6-14(10-19(18)29-2)8-9-26-13-16(12-20(26)27)22-24-21(25-30-22)15-4-3-5-17(23)11-15/h3-7,10-11,16H,8-9,12-13H2,1-2H3. The number of likely N-dealkylation sites (tertiary alicyclic amines) is 1. The molecule has 1 unspecified atom stereocenters. The van der Waals surface area contributed by atoms with Crippen LogP contribution in [0.1, 0.15) is 23.8 Å². The highest BCUT2D eigenvalue weighted by Crippen LogP contribution is 2.30. The second-order valence-corrected chi connectivity index (χ2v) is 7.15. The SMILES string of the molecule is COc1ccc(CCN2CC(c3nc(-c4cccc(F)c4)no3)CC2=O)cc1OC. The van der Waals surface area contributed by atoms with Gasteiger partial charge in [0.15, 0.2) is 11.5 Å². The summed E-state index contributed by atoms with van der Waals surface area (Å²) in [5.74, 6) is 1.57. The summed E-state index contributed by atoms with van der Waals surface area (Å²) in [6.07, 6.45) is 1.01. The zero-order chi connectivity index (χ0) is 21.1. The Labute approximate surface area is 173 Å². The smallest absolute Gasteiger partial charge is 0.232 e. The van der Waals surface area contributed by atoms with E-state index >= 15 is 0 Å². The number of amides is 1. The molecule has 1 aliphatic heterocycles. The van der Waals surface area contributed by atoms with Gasteiger partial charge in [0, 0.05) is 25.1 Å². The fourth-order valence-electron chi connectivity index (χ4n) is 3.60. The van der Waals surface area contributed by atoms with Gasteiger partial charge in [-0.25, -0.2) is 4.39 Å². The van der Waals surface area contributed by atoms with E-state index in [9.17, 15) is 9.18 Å². The zero-order valence-corrected chi connectivity index (χ0v) is 16.8. The van der Waals surface area contributed by atoms with Crippen LogP contribution in [0.15, 0.2) is 47.0 Å². The first-order valence-electron chi connectivity index (χ1n) is 9.65. The maximum Gasteiger partial charge on any atom is 0.232 e. The van der Waals surface area contributed by atoms with E-state index in [1.165, 1.54) is 12.1 Å². The molecule has 4 rings (SSSR count). The molecule has 1 amide bonds. The molecular formula is C22H22FN3O4. The first-order chi connectivity index (χ1) is 14.6. The molecule has 0 saturated carbocycles. The average Bonchev–Trinajstić information content (AvgIpc) is 3.39. The molecule has 3 aromatic rings. The first kappa shape index (κ1) is 19.9. The van der Waals surface area contributed by atoms with Gasteiger partial charge in [0.25, 0.3) is 0 Å². The molecule has 0 radical (unpaired) electrons. The van der Waals surface area contributed by atoms with Gasteiger partial charge in [-0.2, -0.15) is 4.98 Å². The lowest BCUT2D eigenvalue weighted by Crippen LogP contribution is -2.27. The van der Waals surface area contributed by atoms with Crippen LogP contribution in [0.2, 0.25) is 0 Å². The Bertz CT molecular complexity index is 1050. The van der Waals surface area contributed by atoms with E-state index in [0.717, 1.165) is 5.56 Å². The quantitative estimate of drug-likeness (QED) is 0.593. The summed E-state index contributed by atoms with van der Waals surface area (Å²) in [5.41, 5.74) is 1.59. The Kier molecular flexibility index (Phi) is 5.65. The summed E-state index contributed by atoms with van der Waals surface area (Å²) >= 11 is 0. The van der Waals surface area contributed by atoms with E-state index in [-0.39, 0.29) is 17.6 Å². The first-order valence-corrected chi connectivity index (χ1v) is 9.65. The molecule has 1 saturated heterocycles. The maximum atomic E-state index is 13.4. The van der Waals surface area contributed by atoms with Gasteiger partial charge >= 0.3 is 0 Å². The number of hydrogen-bond donors (Lipinski definition) is 0. The predicted octanol–water partition coefficient (Wildman–Crippen LogP) is 3.45. The van der Waals surface area contributed by atoms with Crippen LogP contribution in [0.25, 0.3) is 11.4 Å². The van der Waals surface area contributed by atoms with Crippen molar-refractivity contribution in [2.75, 3.05) is 27.3 Å². The molecule has 0 N–H and O–H groups in total. The van der Waals surface area contributed by atoms with Crippen molar-refractivity contribution in [3.63, 3.8) is 0 Å². The van der Waals surface area contributed by atoms with Crippen molar-refractivity contribution in [2.45, 2.75) is 18.8 Å². The second kappa shape index (κ2) is 8.52. The largest absolute Gasteiger partial charge is 0.493 e. The highest BCUT2D eigenvalue weighted by atomic mass is 19.1. The van der Waals surface area contributed by atoms with Crippen molar-refractivity contribution >= 4 is 5.91 Å². The molecule has 1 aliphatic rings. The number of rotatable bonds is 7. The van der Waals surface area contributed by atoms with E-state index in [0.29, 0.717) is 54.7 Å². The Balaban J connectivity index is 1.40. The molecule has 0 spiro atoms. The molecule has 2 heterocycles. The van der Waals surface area contributed by atoms with Crippen LogP contribution in [-0.2, 0) is 11.2 Å². The highest BCUT2D eigenvalue weighted by Gasteiger charge is 2.34. The molecular weight excluding hydrogens is 389 g/mol. The van der Waals surface area contributed by atoms with E-state index in [1.54, 1.807) is 31.3 Å². The molecule has 7 nitrogen and oxygen atoms in total. The molecule has 1 aromatic heterocycles. The number of carbonyl (C=O) groups is 1. The van der Waals surface area contributed by atoms with Crippen LogP contribution in [0.3, 0.4) is 0 Å². The van der Waals surface area contributed by atoms with Gasteiger partial charge in [0.05, 0.1) is 20.1 Å². The van der Waals surface area contributed by atoms with E-state index in [2.05, 4.69) is 10.1 Å². The lowest BCUT2D eigenvalue weighted by atomic mass is 10.1. The van der Waals surface area contributed by atoms with Crippen molar-refractivity contribution in [2.24, 2.45) is 0 Å². The Hall–Kier alpha value is -3.42. The van der Waals surface area contributed by atoms with Crippen molar-refractivity contribution in [3.8, 4) is 22.9 Å². The second-order valence-electron chi connectivity index (χ2n) is 7.15. The van der Waals surface area contributed by atoms with Gasteiger partial charge in [-0.3, -0.25) is 4.79 Å². The minimum absolute atomic E-state index is 0.0472. The summed E-state index contributed by atoms with van der Waals surface area (Å²) in [6, 6.07) is 11.8. The number of carbonyl (C=O) groups excluding carboxylic acids is 1. The third-order valence-corrected chi connectivity index (χ3v) is 5.21. The van der Waals surface area contributed by atoms with Crippen molar-refractivity contribution in [1.29, 1.82) is 0 Å². The van der Waals surface area contributed by atoms with E-state index < -0.39 is 0 Å². The van der Waals surface area contributed by atoms with E-state index in [1.807, 2.05) is 18.2 Å². The number of ether oxygens (including phenoxy) is 2. The fourth-order valence-corrected chi connectivity index (χ4v) is 3.60. The lowest BCUT2D eigenvalue weighted by molar-refractivity contribution is -0.127. The molecule has 8 heteroatoms. The molecule has 0 bridgehead atoms. The molecule has 2 aromatic carbocycles. The van der Waals surface area contributed by atoms with Crippen LogP contribution >= 0.6 is 0 Å². The summed E-state index contributed by atoms with van der Waals surface area (Å²) < 4.78 is 29.4. The normalized spacial score (nSPS) is 16.2. The van der Waals surface area contributed by atoms with Crippen LogP contribution in [0, 0.1) is 5.82 Å². The maximum absolute atomic E-state index is 13.4. The van der Waals surface area contributed by atoms with Gasteiger partial charge in [0.1, 0.15) is 5.82 Å². The summed E-state index contributed by atoms with van der Waals surface area (Å²) in [7, 11) is 3.19. The highest BCUT2D eigenvalue weighted by molar-refractivity contribution is 5.79. The van der Waals surface area contributed by atoms with Crippen molar-refractivity contribution in [3.05, 3.63) is 59.7 Å². The van der Waals surface area contributed by atoms with Crippen molar-refractivity contribution in [1.82, 2.24) is 15.0 Å². The lowest BCUT2D eigenvalue weighted by Gasteiger charge is -2.16. The number of hydrogen-bond acceptors (Lipinski definition) is 6. The van der Waals surface area contributed by atoms with Crippen LogP contribution in [-0.4, -0.2) is 48.3 Å². The van der Waals surface area contributed by atoms with Crippen LogP contribution in [0.4, 0.5) is 4.39 Å². The van der Waals surface area contributed by atoms with Crippen LogP contribution < -0.4 is 9.47 Å². The van der Waals surface area contributed by atoms with Gasteiger partial charge < -0.3 is 18.9 Å². The molecule has 1 atom stereocenters. The minimum Gasteiger partial charge on any atom is -0.493 e. The number of methoxy groups -OCH3 is 2. The number of aromatic nitrogens is 2. The number of nitrogens with zero attached hydrogens (tertiary/aromatic N) is 3. The molecule has 156 valence electrons. The van der Waals surface area contributed by atoms with Gasteiger partial charge in [0.2, 0.25) is 17.6 Å². The number of halogens is 1. The summed E-state index contributed by atoms with van der Waals surface area (Å²) in [5, 5.41) is 3.94. The van der Waals surface area contributed by atoms with Gasteiger partial charge in [-0.1, -0.05) is 23.4 Å². The zero-order valence-electron chi connectivity index (χ0n) is 16.8. The summed E-state index contributed by atoms with van der Waals surface area (Å²) in [4.78, 5) is 18.6. The topological polar surface area (TPSA) is 77.7 Å².